The Kier molecular flexibility index (Phi) is 5.06. The largest absolute Gasteiger partial charge is 0.573 e. The fourth-order valence-electron chi connectivity index (χ4n) is 4.01. The SMILES string of the molecule is O=C(O)N1C2COCC1CN(c1nc3c(OC(F)(F)F)c(Cl)cc(-c4nccs4)c3o1)C2. The first-order valence-corrected chi connectivity index (χ1v) is 10.6. The zero-order chi connectivity index (χ0) is 22.6. The molecular formula is C18H14ClF3N4O5S. The molecule has 32 heavy (non-hydrogen) atoms. The van der Waals surface area contributed by atoms with Gasteiger partial charge in [-0.15, -0.1) is 24.5 Å². The number of fused-ring (bicyclic) bond motifs is 3. The molecular weight excluding hydrogens is 477 g/mol. The number of oxazole rings is 1. The quantitative estimate of drug-likeness (QED) is 0.586. The van der Waals surface area contributed by atoms with E-state index in [-0.39, 0.29) is 48.4 Å². The van der Waals surface area contributed by atoms with Crippen molar-refractivity contribution in [2.75, 3.05) is 31.2 Å². The molecule has 2 unspecified atom stereocenters. The van der Waals surface area contributed by atoms with Gasteiger partial charge in [0.15, 0.2) is 16.8 Å². The van der Waals surface area contributed by atoms with Gasteiger partial charge in [0.05, 0.1) is 35.9 Å². The number of thiazole rings is 1. The number of aromatic nitrogens is 2. The zero-order valence-electron chi connectivity index (χ0n) is 16.0. The minimum absolute atomic E-state index is 0.0361. The number of hydrogen-bond donors (Lipinski definition) is 1. The lowest BCUT2D eigenvalue weighted by molar-refractivity contribution is -0.274. The summed E-state index contributed by atoms with van der Waals surface area (Å²) in [7, 11) is 0. The number of hydrogen-bond acceptors (Lipinski definition) is 8. The fraction of sp³-hybridized carbons (Fsp3) is 0.389. The average molecular weight is 491 g/mol. The predicted molar refractivity (Wildman–Crippen MR) is 107 cm³/mol. The monoisotopic (exact) mass is 490 g/mol. The number of carbonyl (C=O) groups is 1. The van der Waals surface area contributed by atoms with Crippen LogP contribution in [0, 0.1) is 0 Å². The van der Waals surface area contributed by atoms with E-state index in [4.69, 9.17) is 20.8 Å². The van der Waals surface area contributed by atoms with Crippen LogP contribution in [-0.4, -0.2) is 70.8 Å². The highest BCUT2D eigenvalue weighted by atomic mass is 35.5. The van der Waals surface area contributed by atoms with Crippen molar-refractivity contribution in [1.29, 1.82) is 0 Å². The molecule has 9 nitrogen and oxygen atoms in total. The number of morpholine rings is 1. The van der Waals surface area contributed by atoms with Crippen molar-refractivity contribution in [1.82, 2.24) is 14.9 Å². The van der Waals surface area contributed by atoms with E-state index in [1.54, 1.807) is 16.5 Å². The van der Waals surface area contributed by atoms with Gasteiger partial charge in [-0.25, -0.2) is 9.78 Å². The Bertz CT molecular complexity index is 1160. The third-order valence-electron chi connectivity index (χ3n) is 5.21. The number of amides is 1. The van der Waals surface area contributed by atoms with E-state index < -0.39 is 30.3 Å². The first kappa shape index (κ1) is 21.1. The summed E-state index contributed by atoms with van der Waals surface area (Å²) in [4.78, 5) is 23.1. The summed E-state index contributed by atoms with van der Waals surface area (Å²) in [5, 5.41) is 11.4. The van der Waals surface area contributed by atoms with Crippen molar-refractivity contribution < 1.29 is 37.0 Å². The number of alkyl halides is 3. The van der Waals surface area contributed by atoms with Gasteiger partial charge in [0, 0.05) is 24.7 Å². The smallest absolute Gasteiger partial charge is 0.465 e. The summed E-state index contributed by atoms with van der Waals surface area (Å²) in [6.45, 7) is 0.785. The summed E-state index contributed by atoms with van der Waals surface area (Å²) >= 11 is 7.38. The number of benzene rings is 1. The van der Waals surface area contributed by atoms with Crippen LogP contribution in [0.1, 0.15) is 0 Å². The van der Waals surface area contributed by atoms with E-state index in [1.165, 1.54) is 22.3 Å². The van der Waals surface area contributed by atoms with Gasteiger partial charge in [0.2, 0.25) is 0 Å². The van der Waals surface area contributed by atoms with Crippen molar-refractivity contribution in [2.45, 2.75) is 18.4 Å². The van der Waals surface area contributed by atoms with Gasteiger partial charge in [0.1, 0.15) is 5.01 Å². The molecule has 1 aromatic carbocycles. The van der Waals surface area contributed by atoms with E-state index in [0.29, 0.717) is 10.6 Å². The molecule has 2 atom stereocenters. The fourth-order valence-corrected chi connectivity index (χ4v) is 4.90. The topological polar surface area (TPSA) is 101 Å². The molecule has 0 radical (unpaired) electrons. The molecule has 2 aliphatic heterocycles. The Morgan fingerprint density at radius 2 is 2.03 bits per heavy atom. The molecule has 0 saturated carbocycles. The zero-order valence-corrected chi connectivity index (χ0v) is 17.6. The number of carboxylic acid groups (broad SMARTS) is 1. The van der Waals surface area contributed by atoms with Crippen molar-refractivity contribution in [2.24, 2.45) is 0 Å². The van der Waals surface area contributed by atoms with E-state index in [9.17, 15) is 23.1 Å². The van der Waals surface area contributed by atoms with Crippen molar-refractivity contribution in [3.63, 3.8) is 0 Å². The van der Waals surface area contributed by atoms with Gasteiger partial charge in [-0.05, 0) is 6.07 Å². The number of halogens is 4. The second-order valence-corrected chi connectivity index (χ2v) is 8.54. The first-order valence-electron chi connectivity index (χ1n) is 9.34. The van der Waals surface area contributed by atoms with Crippen LogP contribution in [0.3, 0.4) is 0 Å². The average Bonchev–Trinajstić information content (AvgIpc) is 3.38. The Morgan fingerprint density at radius 1 is 1.31 bits per heavy atom. The number of nitrogens with zero attached hydrogens (tertiary/aromatic N) is 4. The Hall–Kier alpha value is -2.77. The lowest BCUT2D eigenvalue weighted by atomic mass is 10.1. The third-order valence-corrected chi connectivity index (χ3v) is 6.29. The van der Waals surface area contributed by atoms with Gasteiger partial charge in [0.25, 0.3) is 6.01 Å². The van der Waals surface area contributed by atoms with Gasteiger partial charge < -0.3 is 23.9 Å². The highest BCUT2D eigenvalue weighted by Crippen LogP contribution is 2.44. The Balaban J connectivity index is 1.60. The first-order chi connectivity index (χ1) is 15.2. The molecule has 170 valence electrons. The molecule has 14 heteroatoms. The standard InChI is InChI=1S/C18H14ClF3N4O5S/c19-11-3-10(15-23-1-2-32-15)13-12(14(11)31-18(20,21)22)24-16(30-13)25-4-8-6-29-7-9(5-25)26(8)17(27)28/h1-3,8-9H,4-7H2,(H,27,28). The van der Waals surface area contributed by atoms with Crippen LogP contribution in [0.15, 0.2) is 22.1 Å². The second kappa shape index (κ2) is 7.67. The van der Waals surface area contributed by atoms with Crippen LogP contribution >= 0.6 is 22.9 Å². The van der Waals surface area contributed by atoms with Crippen molar-refractivity contribution in [3.05, 3.63) is 22.7 Å². The number of ether oxygens (including phenoxy) is 2. The minimum Gasteiger partial charge on any atom is -0.465 e. The van der Waals surface area contributed by atoms with Gasteiger partial charge in [-0.1, -0.05) is 11.6 Å². The van der Waals surface area contributed by atoms with Crippen LogP contribution < -0.4 is 9.64 Å². The summed E-state index contributed by atoms with van der Waals surface area (Å²) in [6.07, 6.45) is -4.50. The number of anilines is 1. The maximum absolute atomic E-state index is 13.0. The molecule has 2 saturated heterocycles. The second-order valence-electron chi connectivity index (χ2n) is 7.23. The minimum atomic E-state index is -4.99. The van der Waals surface area contributed by atoms with Gasteiger partial charge in [-0.2, -0.15) is 4.98 Å². The number of rotatable bonds is 3. The molecule has 2 bridgehead atoms. The summed E-state index contributed by atoms with van der Waals surface area (Å²) in [6, 6.07) is 0.392. The molecule has 2 fully saturated rings. The molecule has 5 rings (SSSR count). The maximum atomic E-state index is 13.0. The molecule has 1 N–H and O–H groups in total. The lowest BCUT2D eigenvalue weighted by Gasteiger charge is -2.47. The maximum Gasteiger partial charge on any atom is 0.573 e. The summed E-state index contributed by atoms with van der Waals surface area (Å²) in [5.74, 6) is -0.669. The van der Waals surface area contributed by atoms with E-state index in [2.05, 4.69) is 14.7 Å². The van der Waals surface area contributed by atoms with Crippen LogP contribution in [0.2, 0.25) is 5.02 Å². The normalized spacial score (nSPS) is 21.2. The van der Waals surface area contributed by atoms with Gasteiger partial charge >= 0.3 is 12.5 Å². The summed E-state index contributed by atoms with van der Waals surface area (Å²) in [5.41, 5.74) is 0.221. The summed E-state index contributed by atoms with van der Waals surface area (Å²) < 4.78 is 54.6. The third kappa shape index (κ3) is 3.69. The van der Waals surface area contributed by atoms with Crippen molar-refractivity contribution >= 4 is 46.1 Å². The van der Waals surface area contributed by atoms with E-state index in [0.717, 1.165) is 0 Å². The van der Waals surface area contributed by atoms with Crippen LogP contribution in [0.4, 0.5) is 24.0 Å². The Morgan fingerprint density at radius 3 is 2.62 bits per heavy atom. The molecule has 0 aliphatic carbocycles. The lowest BCUT2D eigenvalue weighted by Crippen LogP contribution is -2.66. The van der Waals surface area contributed by atoms with Crippen LogP contribution in [0.5, 0.6) is 5.75 Å². The predicted octanol–water partition coefficient (Wildman–Crippen LogP) is 4.07. The molecule has 2 aromatic heterocycles. The molecule has 2 aliphatic rings. The van der Waals surface area contributed by atoms with Crippen LogP contribution in [0.25, 0.3) is 21.7 Å². The van der Waals surface area contributed by atoms with Crippen LogP contribution in [-0.2, 0) is 4.74 Å². The van der Waals surface area contributed by atoms with Gasteiger partial charge in [-0.3, -0.25) is 4.90 Å². The molecule has 4 heterocycles. The molecule has 1 amide bonds. The molecule has 3 aromatic rings. The van der Waals surface area contributed by atoms with E-state index in [1.807, 2.05) is 0 Å². The van der Waals surface area contributed by atoms with E-state index >= 15 is 0 Å². The highest BCUT2D eigenvalue weighted by molar-refractivity contribution is 7.13. The Labute approximate surface area is 186 Å². The molecule has 0 spiro atoms. The van der Waals surface area contributed by atoms with Crippen molar-refractivity contribution in [3.8, 4) is 16.3 Å². The number of piperazine rings is 1. The highest BCUT2D eigenvalue weighted by Gasteiger charge is 2.43.